The summed E-state index contributed by atoms with van der Waals surface area (Å²) >= 11 is 0. The van der Waals surface area contributed by atoms with Gasteiger partial charge in [0.2, 0.25) is 0 Å². The first-order valence-electron chi connectivity index (χ1n) is 8.19. The van der Waals surface area contributed by atoms with Crippen LogP contribution in [0.4, 0.5) is 13.2 Å². The predicted molar refractivity (Wildman–Crippen MR) is 87.4 cm³/mol. The highest BCUT2D eigenvalue weighted by Gasteiger charge is 2.37. The quantitative estimate of drug-likeness (QED) is 0.755. The number of likely N-dealkylation sites (tertiary alicyclic amines) is 1. The van der Waals surface area contributed by atoms with Gasteiger partial charge >= 0.3 is 6.18 Å². The summed E-state index contributed by atoms with van der Waals surface area (Å²) in [6.45, 7) is 0.976. The van der Waals surface area contributed by atoms with E-state index in [2.05, 4.69) is 0 Å². The summed E-state index contributed by atoms with van der Waals surface area (Å²) in [6, 6.07) is 5.43. The first kappa shape index (κ1) is 18.5. The molecule has 1 saturated heterocycles. The van der Waals surface area contributed by atoms with Crippen molar-refractivity contribution in [3.8, 4) is 11.5 Å². The predicted octanol–water partition coefficient (Wildman–Crippen LogP) is 4.57. The average molecular weight is 343 g/mol. The van der Waals surface area contributed by atoms with Crippen LogP contribution in [-0.2, 0) is 6.42 Å². The molecular formula is C18H24F3NO2. The van der Waals surface area contributed by atoms with Crippen LogP contribution in [0.2, 0.25) is 0 Å². The highest BCUT2D eigenvalue weighted by molar-refractivity contribution is 5.43. The van der Waals surface area contributed by atoms with Crippen molar-refractivity contribution in [3.63, 3.8) is 0 Å². The normalized spacial score (nSPS) is 16.2. The third-order valence-corrected chi connectivity index (χ3v) is 4.21. The standard InChI is InChI=1S/C18H24F3NO2/c1-23-15-10-9-14(13-16(15)24-2)7-6-8-17(18(19,20)21)22-11-4-3-5-12-22/h8-10,13H,3-7,11-12H2,1-2H3/b17-8+. The average Bonchev–Trinajstić information content (AvgIpc) is 2.58. The summed E-state index contributed by atoms with van der Waals surface area (Å²) in [4.78, 5) is 1.47. The maximum Gasteiger partial charge on any atom is 0.430 e. The molecule has 0 N–H and O–H groups in total. The van der Waals surface area contributed by atoms with E-state index in [1.165, 1.54) is 11.0 Å². The fourth-order valence-electron chi connectivity index (χ4n) is 2.97. The lowest BCUT2D eigenvalue weighted by molar-refractivity contribution is -0.113. The van der Waals surface area contributed by atoms with Crippen molar-refractivity contribution in [2.75, 3.05) is 27.3 Å². The number of alkyl halides is 3. The van der Waals surface area contributed by atoms with Gasteiger partial charge in [-0.1, -0.05) is 12.1 Å². The van der Waals surface area contributed by atoms with Gasteiger partial charge in [-0.15, -0.1) is 0 Å². The smallest absolute Gasteiger partial charge is 0.430 e. The molecule has 1 fully saturated rings. The van der Waals surface area contributed by atoms with Crippen molar-refractivity contribution < 1.29 is 22.6 Å². The zero-order valence-electron chi connectivity index (χ0n) is 14.2. The number of halogens is 3. The molecular weight excluding hydrogens is 319 g/mol. The van der Waals surface area contributed by atoms with Gasteiger partial charge in [-0.05, 0) is 49.8 Å². The molecule has 0 saturated carbocycles. The lowest BCUT2D eigenvalue weighted by atomic mass is 10.1. The topological polar surface area (TPSA) is 21.7 Å². The van der Waals surface area contributed by atoms with Crippen molar-refractivity contribution in [2.45, 2.75) is 38.3 Å². The van der Waals surface area contributed by atoms with Crippen LogP contribution < -0.4 is 9.47 Å². The van der Waals surface area contributed by atoms with Gasteiger partial charge in [-0.25, -0.2) is 0 Å². The molecule has 0 atom stereocenters. The second-order valence-corrected chi connectivity index (χ2v) is 5.86. The van der Waals surface area contributed by atoms with Crippen LogP contribution in [0.25, 0.3) is 0 Å². The SMILES string of the molecule is COc1ccc(CC/C=C(/N2CCCCC2)C(F)(F)F)cc1OC. The third kappa shape index (κ3) is 4.82. The second-order valence-electron chi connectivity index (χ2n) is 5.86. The number of hydrogen-bond donors (Lipinski definition) is 0. The second kappa shape index (κ2) is 8.31. The molecule has 1 heterocycles. The minimum atomic E-state index is -4.30. The molecule has 134 valence electrons. The Balaban J connectivity index is 2.06. The van der Waals surface area contributed by atoms with Gasteiger partial charge in [0.05, 0.1) is 14.2 Å². The molecule has 1 aromatic rings. The highest BCUT2D eigenvalue weighted by atomic mass is 19.4. The van der Waals surface area contributed by atoms with Gasteiger partial charge in [-0.3, -0.25) is 0 Å². The van der Waals surface area contributed by atoms with E-state index in [9.17, 15) is 13.2 Å². The molecule has 3 nitrogen and oxygen atoms in total. The van der Waals surface area contributed by atoms with Gasteiger partial charge in [0.1, 0.15) is 5.70 Å². The summed E-state index contributed by atoms with van der Waals surface area (Å²) in [5.41, 5.74) is 0.423. The van der Waals surface area contributed by atoms with Gasteiger partial charge in [0.15, 0.2) is 11.5 Å². The van der Waals surface area contributed by atoms with Crippen LogP contribution in [0, 0.1) is 0 Å². The van der Waals surface area contributed by atoms with Crippen LogP contribution in [0.15, 0.2) is 30.0 Å². The molecule has 0 aromatic heterocycles. The molecule has 1 aliphatic heterocycles. The van der Waals surface area contributed by atoms with Crippen LogP contribution in [0.1, 0.15) is 31.2 Å². The molecule has 1 aliphatic rings. The minimum Gasteiger partial charge on any atom is -0.493 e. The lowest BCUT2D eigenvalue weighted by Crippen LogP contribution is -2.35. The molecule has 0 amide bonds. The third-order valence-electron chi connectivity index (χ3n) is 4.21. The molecule has 0 bridgehead atoms. The zero-order chi connectivity index (χ0) is 17.6. The number of nitrogens with zero attached hydrogens (tertiary/aromatic N) is 1. The van der Waals surface area contributed by atoms with E-state index in [0.29, 0.717) is 37.4 Å². The summed E-state index contributed by atoms with van der Waals surface area (Å²) in [5.74, 6) is 1.20. The van der Waals surface area contributed by atoms with E-state index < -0.39 is 11.9 Å². The lowest BCUT2D eigenvalue weighted by Gasteiger charge is -2.32. The molecule has 0 radical (unpaired) electrons. The molecule has 1 aromatic carbocycles. The van der Waals surface area contributed by atoms with E-state index in [-0.39, 0.29) is 0 Å². The largest absolute Gasteiger partial charge is 0.493 e. The van der Waals surface area contributed by atoms with E-state index in [1.807, 2.05) is 6.07 Å². The van der Waals surface area contributed by atoms with Crippen LogP contribution >= 0.6 is 0 Å². The van der Waals surface area contributed by atoms with Gasteiger partial charge in [-0.2, -0.15) is 13.2 Å². The van der Waals surface area contributed by atoms with Crippen molar-refractivity contribution in [1.29, 1.82) is 0 Å². The number of methoxy groups -OCH3 is 2. The number of ether oxygens (including phenoxy) is 2. The Morgan fingerprint density at radius 1 is 1.08 bits per heavy atom. The fourth-order valence-corrected chi connectivity index (χ4v) is 2.97. The van der Waals surface area contributed by atoms with Crippen molar-refractivity contribution >= 4 is 0 Å². The highest BCUT2D eigenvalue weighted by Crippen LogP contribution is 2.32. The van der Waals surface area contributed by atoms with E-state index in [4.69, 9.17) is 9.47 Å². The molecule has 6 heteroatoms. The van der Waals surface area contributed by atoms with Crippen molar-refractivity contribution in [1.82, 2.24) is 4.90 Å². The van der Waals surface area contributed by atoms with Gasteiger partial charge in [0.25, 0.3) is 0 Å². The molecule has 0 aliphatic carbocycles. The number of aryl methyl sites for hydroxylation is 1. The van der Waals surface area contributed by atoms with Crippen LogP contribution in [-0.4, -0.2) is 38.4 Å². The number of allylic oxidation sites excluding steroid dienone is 2. The first-order chi connectivity index (χ1) is 11.5. The van der Waals surface area contributed by atoms with E-state index in [0.717, 1.165) is 24.8 Å². The Hall–Kier alpha value is -1.85. The van der Waals surface area contributed by atoms with E-state index >= 15 is 0 Å². The minimum absolute atomic E-state index is 0.334. The summed E-state index contributed by atoms with van der Waals surface area (Å²) in [5, 5.41) is 0. The van der Waals surface area contributed by atoms with Crippen LogP contribution in [0.3, 0.4) is 0 Å². The summed E-state index contributed by atoms with van der Waals surface area (Å²) in [7, 11) is 3.09. The van der Waals surface area contributed by atoms with Gasteiger partial charge < -0.3 is 14.4 Å². The number of benzene rings is 1. The summed E-state index contributed by atoms with van der Waals surface area (Å²) in [6.07, 6.45) is 0.533. The summed E-state index contributed by atoms with van der Waals surface area (Å²) < 4.78 is 50.3. The van der Waals surface area contributed by atoms with E-state index in [1.54, 1.807) is 26.4 Å². The van der Waals surface area contributed by atoms with Crippen molar-refractivity contribution in [2.24, 2.45) is 0 Å². The Bertz CT molecular complexity index is 564. The fraction of sp³-hybridized carbons (Fsp3) is 0.556. The monoisotopic (exact) mass is 343 g/mol. The maximum absolute atomic E-state index is 13.3. The number of hydrogen-bond acceptors (Lipinski definition) is 3. The molecule has 0 unspecified atom stereocenters. The zero-order valence-corrected chi connectivity index (χ0v) is 14.2. The Morgan fingerprint density at radius 3 is 2.33 bits per heavy atom. The Morgan fingerprint density at radius 2 is 1.75 bits per heavy atom. The van der Waals surface area contributed by atoms with Crippen molar-refractivity contribution in [3.05, 3.63) is 35.5 Å². The van der Waals surface area contributed by atoms with Crippen LogP contribution in [0.5, 0.6) is 11.5 Å². The maximum atomic E-state index is 13.3. The molecule has 0 spiro atoms. The Kier molecular flexibility index (Phi) is 6.40. The molecule has 2 rings (SSSR count). The number of rotatable bonds is 6. The van der Waals surface area contributed by atoms with Gasteiger partial charge in [0, 0.05) is 13.1 Å². The number of piperidine rings is 1. The molecule has 24 heavy (non-hydrogen) atoms. The first-order valence-corrected chi connectivity index (χ1v) is 8.19. The Labute approximate surface area is 141 Å².